The maximum Gasteiger partial charge on any atom is 0.203 e. The van der Waals surface area contributed by atoms with Crippen molar-refractivity contribution in [1.82, 2.24) is 15.2 Å². The third-order valence-electron chi connectivity index (χ3n) is 4.22. The van der Waals surface area contributed by atoms with Crippen LogP contribution in [0.2, 0.25) is 0 Å². The Morgan fingerprint density at radius 1 is 0.815 bits per heavy atom. The molecule has 0 N–H and O–H groups in total. The molecule has 0 radical (unpaired) electrons. The van der Waals surface area contributed by atoms with E-state index in [1.807, 2.05) is 42.5 Å². The zero-order chi connectivity index (χ0) is 18.8. The Hall–Kier alpha value is -3.19. The van der Waals surface area contributed by atoms with Crippen LogP contribution in [0.25, 0.3) is 32.0 Å². The molecule has 0 bridgehead atoms. The van der Waals surface area contributed by atoms with Crippen molar-refractivity contribution in [3.8, 4) is 38.4 Å². The van der Waals surface area contributed by atoms with Gasteiger partial charge in [0, 0.05) is 22.7 Å². The molecule has 6 nitrogen and oxygen atoms in total. The molecule has 0 saturated carbocycles. The summed E-state index contributed by atoms with van der Waals surface area (Å²) >= 11 is 1.50. The predicted octanol–water partition coefficient (Wildman–Crippen LogP) is 4.45. The van der Waals surface area contributed by atoms with Gasteiger partial charge in [-0.3, -0.25) is 4.98 Å². The molecule has 136 valence electrons. The Morgan fingerprint density at radius 2 is 1.52 bits per heavy atom. The lowest BCUT2D eigenvalue weighted by Gasteiger charge is -2.13. The van der Waals surface area contributed by atoms with Crippen LogP contribution in [0.5, 0.6) is 17.2 Å². The predicted molar refractivity (Wildman–Crippen MR) is 106 cm³/mol. The molecule has 7 heteroatoms. The van der Waals surface area contributed by atoms with E-state index >= 15 is 0 Å². The summed E-state index contributed by atoms with van der Waals surface area (Å²) in [5.41, 5.74) is 2.79. The van der Waals surface area contributed by atoms with Crippen LogP contribution < -0.4 is 14.2 Å². The number of rotatable bonds is 5. The zero-order valence-electron chi connectivity index (χ0n) is 15.1. The standard InChI is InChI=1S/C20H17N3O3S/c1-24-16-10-12(11-17(25-2)18(16)26-3)19-22-23-20(27-19)14-8-9-21-15-7-5-4-6-13(14)15/h4-11H,1-3H3. The first kappa shape index (κ1) is 17.2. The molecule has 0 atom stereocenters. The van der Waals surface area contributed by atoms with Gasteiger partial charge >= 0.3 is 0 Å². The highest BCUT2D eigenvalue weighted by molar-refractivity contribution is 7.18. The maximum atomic E-state index is 5.43. The smallest absolute Gasteiger partial charge is 0.203 e. The monoisotopic (exact) mass is 379 g/mol. The number of nitrogens with zero attached hydrogens (tertiary/aromatic N) is 3. The first-order valence-electron chi connectivity index (χ1n) is 8.23. The molecule has 0 fully saturated rings. The number of hydrogen-bond donors (Lipinski definition) is 0. The molecule has 0 saturated heterocycles. The average Bonchev–Trinajstić information content (AvgIpc) is 3.22. The van der Waals surface area contributed by atoms with Crippen molar-refractivity contribution >= 4 is 22.2 Å². The normalized spacial score (nSPS) is 10.8. The summed E-state index contributed by atoms with van der Waals surface area (Å²) < 4.78 is 16.2. The lowest BCUT2D eigenvalue weighted by atomic mass is 10.1. The molecule has 0 aliphatic heterocycles. The van der Waals surface area contributed by atoms with Crippen molar-refractivity contribution in [3.05, 3.63) is 48.7 Å². The van der Waals surface area contributed by atoms with Gasteiger partial charge in [0.05, 0.1) is 26.8 Å². The first-order chi connectivity index (χ1) is 13.2. The number of ether oxygens (including phenoxy) is 3. The van der Waals surface area contributed by atoms with Crippen LogP contribution in [0.4, 0.5) is 0 Å². The highest BCUT2D eigenvalue weighted by Crippen LogP contribution is 2.42. The van der Waals surface area contributed by atoms with E-state index in [0.717, 1.165) is 32.0 Å². The highest BCUT2D eigenvalue weighted by atomic mass is 32.1. The van der Waals surface area contributed by atoms with Gasteiger partial charge in [-0.2, -0.15) is 0 Å². The van der Waals surface area contributed by atoms with Crippen molar-refractivity contribution in [2.75, 3.05) is 21.3 Å². The number of methoxy groups -OCH3 is 3. The summed E-state index contributed by atoms with van der Waals surface area (Å²) in [6, 6.07) is 13.7. The molecular formula is C20H17N3O3S. The second-order valence-electron chi connectivity index (χ2n) is 5.70. The second kappa shape index (κ2) is 7.20. The summed E-state index contributed by atoms with van der Waals surface area (Å²) in [5.74, 6) is 1.71. The fraction of sp³-hybridized carbons (Fsp3) is 0.150. The van der Waals surface area contributed by atoms with Crippen LogP contribution in [-0.2, 0) is 0 Å². The molecule has 2 aromatic carbocycles. The van der Waals surface area contributed by atoms with Gasteiger partial charge in [-0.05, 0) is 24.3 Å². The Bertz CT molecular complexity index is 1080. The Kier molecular flexibility index (Phi) is 4.60. The third-order valence-corrected chi connectivity index (χ3v) is 5.22. The van der Waals surface area contributed by atoms with Crippen molar-refractivity contribution in [2.24, 2.45) is 0 Å². The van der Waals surface area contributed by atoms with Crippen molar-refractivity contribution in [2.45, 2.75) is 0 Å². The number of pyridine rings is 1. The van der Waals surface area contributed by atoms with E-state index in [1.54, 1.807) is 27.5 Å². The van der Waals surface area contributed by atoms with E-state index in [0.29, 0.717) is 17.2 Å². The highest BCUT2D eigenvalue weighted by Gasteiger charge is 2.17. The number of fused-ring (bicyclic) bond motifs is 1. The molecule has 4 aromatic rings. The maximum absolute atomic E-state index is 5.43. The molecule has 2 aromatic heterocycles. The molecule has 2 heterocycles. The van der Waals surface area contributed by atoms with E-state index < -0.39 is 0 Å². The fourth-order valence-corrected chi connectivity index (χ4v) is 3.81. The lowest BCUT2D eigenvalue weighted by molar-refractivity contribution is 0.324. The largest absolute Gasteiger partial charge is 0.493 e. The summed E-state index contributed by atoms with van der Waals surface area (Å²) in [6.45, 7) is 0. The van der Waals surface area contributed by atoms with E-state index in [2.05, 4.69) is 15.2 Å². The number of benzene rings is 2. The van der Waals surface area contributed by atoms with Gasteiger partial charge in [0.2, 0.25) is 5.75 Å². The number of para-hydroxylation sites is 1. The molecule has 0 amide bonds. The van der Waals surface area contributed by atoms with Gasteiger partial charge in [-0.1, -0.05) is 29.5 Å². The molecule has 4 rings (SSSR count). The average molecular weight is 379 g/mol. The van der Waals surface area contributed by atoms with E-state index in [9.17, 15) is 0 Å². The minimum Gasteiger partial charge on any atom is -0.493 e. The molecule has 0 aliphatic carbocycles. The van der Waals surface area contributed by atoms with Gasteiger partial charge in [0.1, 0.15) is 10.0 Å². The summed E-state index contributed by atoms with van der Waals surface area (Å²) in [6.07, 6.45) is 1.79. The summed E-state index contributed by atoms with van der Waals surface area (Å²) in [4.78, 5) is 4.41. The fourth-order valence-electron chi connectivity index (χ4n) is 2.94. The zero-order valence-corrected chi connectivity index (χ0v) is 15.9. The quantitative estimate of drug-likeness (QED) is 0.510. The van der Waals surface area contributed by atoms with E-state index in [-0.39, 0.29) is 0 Å². The first-order valence-corrected chi connectivity index (χ1v) is 9.04. The molecule has 0 spiro atoms. The summed E-state index contributed by atoms with van der Waals surface area (Å²) in [7, 11) is 4.77. The molecule has 0 unspecified atom stereocenters. The lowest BCUT2D eigenvalue weighted by Crippen LogP contribution is -1.95. The SMILES string of the molecule is COc1cc(-c2nnc(-c3ccnc4ccccc34)s2)cc(OC)c1OC. The van der Waals surface area contributed by atoms with Crippen molar-refractivity contribution in [3.63, 3.8) is 0 Å². The Morgan fingerprint density at radius 3 is 2.22 bits per heavy atom. The van der Waals surface area contributed by atoms with Gasteiger partial charge in [-0.15, -0.1) is 10.2 Å². The van der Waals surface area contributed by atoms with Crippen LogP contribution in [-0.4, -0.2) is 36.5 Å². The summed E-state index contributed by atoms with van der Waals surface area (Å²) in [5, 5.41) is 11.4. The van der Waals surface area contributed by atoms with Crippen LogP contribution >= 0.6 is 11.3 Å². The topological polar surface area (TPSA) is 66.4 Å². The molecular weight excluding hydrogens is 362 g/mol. The van der Waals surface area contributed by atoms with Crippen LogP contribution in [0, 0.1) is 0 Å². The van der Waals surface area contributed by atoms with Crippen LogP contribution in [0.15, 0.2) is 48.7 Å². The van der Waals surface area contributed by atoms with Gasteiger partial charge in [0.25, 0.3) is 0 Å². The van der Waals surface area contributed by atoms with Gasteiger partial charge in [-0.25, -0.2) is 0 Å². The van der Waals surface area contributed by atoms with Crippen LogP contribution in [0.1, 0.15) is 0 Å². The van der Waals surface area contributed by atoms with Crippen molar-refractivity contribution < 1.29 is 14.2 Å². The van der Waals surface area contributed by atoms with Gasteiger partial charge < -0.3 is 14.2 Å². The molecule has 0 aliphatic rings. The minimum atomic E-state index is 0.550. The van der Waals surface area contributed by atoms with Crippen molar-refractivity contribution in [1.29, 1.82) is 0 Å². The van der Waals surface area contributed by atoms with E-state index in [4.69, 9.17) is 14.2 Å². The van der Waals surface area contributed by atoms with E-state index in [1.165, 1.54) is 11.3 Å². The molecule has 27 heavy (non-hydrogen) atoms. The Labute approximate surface area is 160 Å². The third kappa shape index (κ3) is 3.06. The Balaban J connectivity index is 1.81. The second-order valence-corrected chi connectivity index (χ2v) is 6.68. The number of hydrogen-bond acceptors (Lipinski definition) is 7. The van der Waals surface area contributed by atoms with Crippen LogP contribution in [0.3, 0.4) is 0 Å². The number of aromatic nitrogens is 3. The van der Waals surface area contributed by atoms with Gasteiger partial charge in [0.15, 0.2) is 11.5 Å². The minimum absolute atomic E-state index is 0.550.